The number of benzene rings is 4. The minimum Gasteiger partial charge on any atom is -0.489 e. The summed E-state index contributed by atoms with van der Waals surface area (Å²) in [4.78, 5) is 17.6. The first-order chi connectivity index (χ1) is 21.1. The van der Waals surface area contributed by atoms with E-state index in [1.54, 1.807) is 12.4 Å². The Kier molecular flexibility index (Phi) is 8.60. The van der Waals surface area contributed by atoms with Gasteiger partial charge in [-0.3, -0.25) is 9.78 Å². The zero-order valence-electron chi connectivity index (χ0n) is 24.3. The van der Waals surface area contributed by atoms with Gasteiger partial charge in [-0.1, -0.05) is 90.5 Å². The number of nitrogens with zero attached hydrogens (tertiary/aromatic N) is 2. The number of ether oxygens (including phenoxy) is 1. The van der Waals surface area contributed by atoms with Crippen LogP contribution in [0.1, 0.15) is 45.7 Å². The fourth-order valence-corrected chi connectivity index (χ4v) is 5.50. The number of aromatic nitrogens is 2. The Morgan fingerprint density at radius 3 is 2.40 bits per heavy atom. The van der Waals surface area contributed by atoms with Crippen molar-refractivity contribution in [2.45, 2.75) is 39.0 Å². The number of hydrogen-bond donors (Lipinski definition) is 1. The van der Waals surface area contributed by atoms with Gasteiger partial charge in [0, 0.05) is 54.9 Å². The van der Waals surface area contributed by atoms with Gasteiger partial charge in [0.25, 0.3) is 0 Å². The molecule has 5 nitrogen and oxygen atoms in total. The van der Waals surface area contributed by atoms with E-state index in [0.29, 0.717) is 19.6 Å². The molecular formula is C38H35N3O2. The minimum absolute atomic E-state index is 0.00668. The van der Waals surface area contributed by atoms with E-state index >= 15 is 0 Å². The summed E-state index contributed by atoms with van der Waals surface area (Å²) >= 11 is 0. The van der Waals surface area contributed by atoms with E-state index < -0.39 is 0 Å². The highest BCUT2D eigenvalue weighted by Crippen LogP contribution is 2.36. The smallest absolute Gasteiger partial charge is 0.221 e. The lowest BCUT2D eigenvalue weighted by atomic mass is 9.88. The van der Waals surface area contributed by atoms with E-state index in [1.165, 1.54) is 11.1 Å². The lowest BCUT2D eigenvalue weighted by Gasteiger charge is -2.18. The minimum atomic E-state index is -0.165. The van der Waals surface area contributed by atoms with Crippen LogP contribution in [0.4, 0.5) is 0 Å². The average Bonchev–Trinajstić information content (AvgIpc) is 3.41. The lowest BCUT2D eigenvalue weighted by molar-refractivity contribution is -0.121. The molecule has 0 aliphatic heterocycles. The number of para-hydroxylation sites is 1. The molecule has 1 amide bonds. The quantitative estimate of drug-likeness (QED) is 0.174. The van der Waals surface area contributed by atoms with Crippen LogP contribution in [-0.4, -0.2) is 15.5 Å². The summed E-state index contributed by atoms with van der Waals surface area (Å²) in [7, 11) is 0. The zero-order valence-corrected chi connectivity index (χ0v) is 24.3. The van der Waals surface area contributed by atoms with Gasteiger partial charge in [-0.2, -0.15) is 0 Å². The molecule has 2 heterocycles. The van der Waals surface area contributed by atoms with E-state index in [-0.39, 0.29) is 11.8 Å². The van der Waals surface area contributed by atoms with Crippen molar-refractivity contribution in [2.75, 3.05) is 0 Å². The van der Waals surface area contributed by atoms with E-state index in [1.807, 2.05) is 42.5 Å². The predicted octanol–water partition coefficient (Wildman–Crippen LogP) is 7.81. The standard InChI is InChI=1S/C38H35N3O2/c1-28-14-16-30(17-15-28)25-41-26-36(34-12-5-6-13-37(34)41)35(23-38(42)40-24-29-18-20-39-21-19-29)32-10-7-11-33(22-32)43-27-31-8-3-2-4-9-31/h2-22,26,35H,23-25,27H2,1H3,(H,40,42)/t35-/m0/s1. The first-order valence-corrected chi connectivity index (χ1v) is 14.7. The number of hydrogen-bond acceptors (Lipinski definition) is 3. The van der Waals surface area contributed by atoms with Gasteiger partial charge in [-0.25, -0.2) is 0 Å². The predicted molar refractivity (Wildman–Crippen MR) is 172 cm³/mol. The van der Waals surface area contributed by atoms with Crippen LogP contribution in [0.25, 0.3) is 10.9 Å². The van der Waals surface area contributed by atoms with Gasteiger partial charge >= 0.3 is 0 Å². The molecule has 0 radical (unpaired) electrons. The summed E-state index contributed by atoms with van der Waals surface area (Å²) < 4.78 is 8.50. The van der Waals surface area contributed by atoms with Gasteiger partial charge < -0.3 is 14.6 Å². The number of carbonyl (C=O) groups excluding carboxylic acids is 1. The van der Waals surface area contributed by atoms with Gasteiger partial charge in [0.2, 0.25) is 5.91 Å². The Balaban J connectivity index is 1.33. The second-order valence-electron chi connectivity index (χ2n) is 11.0. The SMILES string of the molecule is Cc1ccc(Cn2cc([C@@H](CC(=O)NCc3ccncc3)c3cccc(OCc4ccccc4)c3)c3ccccc32)cc1. The van der Waals surface area contributed by atoms with Crippen molar-refractivity contribution in [3.05, 3.63) is 167 Å². The highest BCUT2D eigenvalue weighted by Gasteiger charge is 2.23. The highest BCUT2D eigenvalue weighted by molar-refractivity contribution is 5.87. The van der Waals surface area contributed by atoms with Crippen LogP contribution >= 0.6 is 0 Å². The molecule has 0 fully saturated rings. The van der Waals surface area contributed by atoms with E-state index in [4.69, 9.17) is 4.74 Å². The highest BCUT2D eigenvalue weighted by atomic mass is 16.5. The van der Waals surface area contributed by atoms with Gasteiger partial charge in [0.1, 0.15) is 12.4 Å². The summed E-state index contributed by atoms with van der Waals surface area (Å²) in [6, 6.07) is 39.3. The Hall–Kier alpha value is -5.16. The van der Waals surface area contributed by atoms with Crippen molar-refractivity contribution < 1.29 is 9.53 Å². The maximum absolute atomic E-state index is 13.5. The van der Waals surface area contributed by atoms with Crippen LogP contribution in [0, 0.1) is 6.92 Å². The second-order valence-corrected chi connectivity index (χ2v) is 11.0. The third kappa shape index (κ3) is 7.02. The van der Waals surface area contributed by atoms with E-state index in [2.05, 4.69) is 101 Å². The fourth-order valence-electron chi connectivity index (χ4n) is 5.50. The molecular weight excluding hydrogens is 530 g/mol. The van der Waals surface area contributed by atoms with Crippen molar-refractivity contribution in [1.29, 1.82) is 0 Å². The van der Waals surface area contributed by atoms with E-state index in [0.717, 1.165) is 45.5 Å². The molecule has 0 spiro atoms. The summed E-state index contributed by atoms with van der Waals surface area (Å²) in [5.41, 5.74) is 7.93. The van der Waals surface area contributed by atoms with Crippen LogP contribution in [0.3, 0.4) is 0 Å². The van der Waals surface area contributed by atoms with Crippen LogP contribution in [0.5, 0.6) is 5.75 Å². The van der Waals surface area contributed by atoms with Gasteiger partial charge in [0.15, 0.2) is 0 Å². The normalized spacial score (nSPS) is 11.7. The van der Waals surface area contributed by atoms with Gasteiger partial charge in [0.05, 0.1) is 0 Å². The average molecular weight is 566 g/mol. The van der Waals surface area contributed by atoms with Crippen LogP contribution in [0.2, 0.25) is 0 Å². The molecule has 5 heteroatoms. The molecule has 0 aliphatic carbocycles. The van der Waals surface area contributed by atoms with Crippen molar-refractivity contribution in [3.8, 4) is 5.75 Å². The van der Waals surface area contributed by atoms with Crippen LogP contribution < -0.4 is 10.1 Å². The molecule has 1 N–H and O–H groups in total. The van der Waals surface area contributed by atoms with Crippen molar-refractivity contribution in [2.24, 2.45) is 0 Å². The molecule has 0 unspecified atom stereocenters. The Morgan fingerprint density at radius 2 is 1.58 bits per heavy atom. The molecule has 0 saturated carbocycles. The number of pyridine rings is 1. The monoisotopic (exact) mass is 565 g/mol. The van der Waals surface area contributed by atoms with E-state index in [9.17, 15) is 4.79 Å². The number of rotatable bonds is 11. The number of carbonyl (C=O) groups is 1. The first-order valence-electron chi connectivity index (χ1n) is 14.7. The number of amides is 1. The van der Waals surface area contributed by atoms with Crippen molar-refractivity contribution >= 4 is 16.8 Å². The Bertz CT molecular complexity index is 1790. The summed E-state index contributed by atoms with van der Waals surface area (Å²) in [6.45, 7) is 3.80. The summed E-state index contributed by atoms with van der Waals surface area (Å²) in [5, 5.41) is 4.28. The Morgan fingerprint density at radius 1 is 0.814 bits per heavy atom. The van der Waals surface area contributed by atoms with Crippen molar-refractivity contribution in [1.82, 2.24) is 14.9 Å². The third-order valence-corrected chi connectivity index (χ3v) is 7.81. The summed E-state index contributed by atoms with van der Waals surface area (Å²) in [6.07, 6.45) is 6.02. The van der Waals surface area contributed by atoms with Crippen LogP contribution in [0.15, 0.2) is 134 Å². The molecule has 2 aromatic heterocycles. The second kappa shape index (κ2) is 13.2. The zero-order chi connectivity index (χ0) is 29.4. The molecule has 214 valence electrons. The van der Waals surface area contributed by atoms with Gasteiger partial charge in [-0.15, -0.1) is 0 Å². The first kappa shape index (κ1) is 28.0. The molecule has 6 rings (SSSR count). The molecule has 0 saturated heterocycles. The number of aryl methyl sites for hydroxylation is 1. The molecule has 0 bridgehead atoms. The number of fused-ring (bicyclic) bond motifs is 1. The molecule has 6 aromatic rings. The Labute approximate surface area is 252 Å². The molecule has 4 aromatic carbocycles. The largest absolute Gasteiger partial charge is 0.489 e. The maximum Gasteiger partial charge on any atom is 0.221 e. The topological polar surface area (TPSA) is 56.2 Å². The maximum atomic E-state index is 13.5. The molecule has 0 aliphatic rings. The third-order valence-electron chi connectivity index (χ3n) is 7.81. The fraction of sp³-hybridized carbons (Fsp3) is 0.158. The van der Waals surface area contributed by atoms with Crippen LogP contribution in [-0.2, 0) is 24.5 Å². The number of nitrogens with one attached hydrogen (secondary N) is 1. The summed E-state index contributed by atoms with van der Waals surface area (Å²) in [5.74, 6) is 0.613. The van der Waals surface area contributed by atoms with Crippen molar-refractivity contribution in [3.63, 3.8) is 0 Å². The molecule has 1 atom stereocenters. The lowest BCUT2D eigenvalue weighted by Crippen LogP contribution is -2.25. The van der Waals surface area contributed by atoms with Gasteiger partial charge in [-0.05, 0) is 65.1 Å². The molecule has 43 heavy (non-hydrogen) atoms.